The van der Waals surface area contributed by atoms with E-state index in [4.69, 9.17) is 16.7 Å². The lowest BCUT2D eigenvalue weighted by Crippen LogP contribution is -1.98. The SMILES string of the molecule is O=C(O)CCCCCCCC(=O)CCl. The van der Waals surface area contributed by atoms with Crippen molar-refractivity contribution in [3.05, 3.63) is 0 Å². The predicted octanol–water partition coefficient (Wildman–Crippen LogP) is 2.61. The van der Waals surface area contributed by atoms with Crippen LogP contribution in [0, 0.1) is 0 Å². The van der Waals surface area contributed by atoms with Crippen molar-refractivity contribution in [2.75, 3.05) is 5.88 Å². The van der Waals surface area contributed by atoms with Crippen molar-refractivity contribution in [2.45, 2.75) is 44.9 Å². The quantitative estimate of drug-likeness (QED) is 0.480. The van der Waals surface area contributed by atoms with E-state index in [9.17, 15) is 9.59 Å². The summed E-state index contributed by atoms with van der Waals surface area (Å²) in [5.74, 6) is -0.529. The van der Waals surface area contributed by atoms with E-state index in [2.05, 4.69) is 0 Å². The minimum Gasteiger partial charge on any atom is -0.481 e. The smallest absolute Gasteiger partial charge is 0.303 e. The van der Waals surface area contributed by atoms with Gasteiger partial charge in [0.05, 0.1) is 5.88 Å². The van der Waals surface area contributed by atoms with Crippen molar-refractivity contribution in [3.63, 3.8) is 0 Å². The van der Waals surface area contributed by atoms with E-state index in [0.717, 1.165) is 32.1 Å². The van der Waals surface area contributed by atoms with Crippen LogP contribution in [0.4, 0.5) is 0 Å². The standard InChI is InChI=1S/C10H17ClO3/c11-8-9(12)6-4-2-1-3-5-7-10(13)14/h1-8H2,(H,13,14). The summed E-state index contributed by atoms with van der Waals surface area (Å²) in [5, 5.41) is 8.36. The molecule has 0 fully saturated rings. The van der Waals surface area contributed by atoms with Gasteiger partial charge in [0, 0.05) is 12.8 Å². The first-order valence-corrected chi connectivity index (χ1v) is 5.49. The molecule has 0 atom stereocenters. The molecule has 4 heteroatoms. The van der Waals surface area contributed by atoms with Crippen LogP contribution in [0.2, 0.25) is 0 Å². The van der Waals surface area contributed by atoms with E-state index < -0.39 is 5.97 Å². The minimum atomic E-state index is -0.734. The highest BCUT2D eigenvalue weighted by Crippen LogP contribution is 2.07. The molecule has 0 radical (unpaired) electrons. The Labute approximate surface area is 89.4 Å². The summed E-state index contributed by atoms with van der Waals surface area (Å²) in [7, 11) is 0. The van der Waals surface area contributed by atoms with Crippen LogP contribution in [0.1, 0.15) is 44.9 Å². The molecule has 0 aromatic carbocycles. The molecular formula is C10H17ClO3. The van der Waals surface area contributed by atoms with Gasteiger partial charge in [0.2, 0.25) is 0 Å². The molecule has 0 saturated heterocycles. The maximum atomic E-state index is 10.8. The number of Topliss-reactive ketones (excluding diaryl/α,β-unsaturated/α-hetero) is 1. The molecular weight excluding hydrogens is 204 g/mol. The third-order valence-corrected chi connectivity index (χ3v) is 2.29. The second-order valence-corrected chi connectivity index (χ2v) is 3.60. The Bertz CT molecular complexity index is 180. The summed E-state index contributed by atoms with van der Waals surface area (Å²) in [4.78, 5) is 20.9. The first-order valence-electron chi connectivity index (χ1n) is 4.96. The van der Waals surface area contributed by atoms with Gasteiger partial charge in [-0.3, -0.25) is 9.59 Å². The maximum Gasteiger partial charge on any atom is 0.303 e. The fraction of sp³-hybridized carbons (Fsp3) is 0.800. The number of hydrogen-bond acceptors (Lipinski definition) is 2. The first-order chi connectivity index (χ1) is 6.66. The molecule has 0 saturated carbocycles. The van der Waals surface area contributed by atoms with E-state index in [-0.39, 0.29) is 18.1 Å². The number of ketones is 1. The highest BCUT2D eigenvalue weighted by molar-refractivity contribution is 6.27. The molecule has 0 aliphatic heterocycles. The van der Waals surface area contributed by atoms with Gasteiger partial charge in [-0.15, -0.1) is 11.6 Å². The minimum absolute atomic E-state index is 0.0946. The Morgan fingerprint density at radius 3 is 1.93 bits per heavy atom. The number of carboxylic acids is 1. The van der Waals surface area contributed by atoms with E-state index in [0.29, 0.717) is 6.42 Å². The van der Waals surface area contributed by atoms with Crippen molar-refractivity contribution in [2.24, 2.45) is 0 Å². The number of carbonyl (C=O) groups is 2. The number of halogens is 1. The topological polar surface area (TPSA) is 54.4 Å². The highest BCUT2D eigenvalue weighted by atomic mass is 35.5. The molecule has 0 bridgehead atoms. The van der Waals surface area contributed by atoms with Crippen molar-refractivity contribution in [1.29, 1.82) is 0 Å². The summed E-state index contributed by atoms with van der Waals surface area (Å²) in [6.45, 7) is 0. The zero-order valence-electron chi connectivity index (χ0n) is 8.30. The lowest BCUT2D eigenvalue weighted by Gasteiger charge is -1.99. The van der Waals surface area contributed by atoms with Crippen LogP contribution in [0.25, 0.3) is 0 Å². The molecule has 82 valence electrons. The lowest BCUT2D eigenvalue weighted by atomic mass is 10.1. The number of alkyl halides is 1. The molecule has 0 aliphatic carbocycles. The van der Waals surface area contributed by atoms with Crippen LogP contribution in [0.5, 0.6) is 0 Å². The van der Waals surface area contributed by atoms with E-state index in [1.54, 1.807) is 0 Å². The Kier molecular flexibility index (Phi) is 8.64. The van der Waals surface area contributed by atoms with Crippen molar-refractivity contribution in [3.8, 4) is 0 Å². The van der Waals surface area contributed by atoms with Gasteiger partial charge in [0.25, 0.3) is 0 Å². The summed E-state index contributed by atoms with van der Waals surface area (Å²) in [6.07, 6.45) is 5.34. The highest BCUT2D eigenvalue weighted by Gasteiger charge is 1.99. The predicted molar refractivity (Wildman–Crippen MR) is 55.7 cm³/mol. The average Bonchev–Trinajstić information content (AvgIpc) is 2.15. The molecule has 0 aliphatic rings. The number of carboxylic acid groups (broad SMARTS) is 1. The van der Waals surface area contributed by atoms with Gasteiger partial charge >= 0.3 is 5.97 Å². The van der Waals surface area contributed by atoms with E-state index in [1.165, 1.54) is 0 Å². The van der Waals surface area contributed by atoms with Crippen LogP contribution < -0.4 is 0 Å². The summed E-state index contributed by atoms with van der Waals surface area (Å²) < 4.78 is 0. The number of rotatable bonds is 9. The van der Waals surface area contributed by atoms with E-state index in [1.807, 2.05) is 0 Å². The molecule has 3 nitrogen and oxygen atoms in total. The number of unbranched alkanes of at least 4 members (excludes halogenated alkanes) is 4. The lowest BCUT2D eigenvalue weighted by molar-refractivity contribution is -0.137. The van der Waals surface area contributed by atoms with Gasteiger partial charge in [-0.2, -0.15) is 0 Å². The molecule has 0 amide bonds. The normalized spacial score (nSPS) is 10.1. The van der Waals surface area contributed by atoms with Crippen LogP contribution in [0.3, 0.4) is 0 Å². The van der Waals surface area contributed by atoms with Crippen LogP contribution in [-0.2, 0) is 9.59 Å². The Morgan fingerprint density at radius 2 is 1.43 bits per heavy atom. The van der Waals surface area contributed by atoms with Gasteiger partial charge in [0.1, 0.15) is 5.78 Å². The molecule has 0 unspecified atom stereocenters. The van der Waals surface area contributed by atoms with Crippen LogP contribution >= 0.6 is 11.6 Å². The van der Waals surface area contributed by atoms with Crippen molar-refractivity contribution < 1.29 is 14.7 Å². The number of aliphatic carboxylic acids is 1. The molecule has 0 rings (SSSR count). The third kappa shape index (κ3) is 9.52. The average molecular weight is 221 g/mol. The molecule has 0 aromatic heterocycles. The Hall–Kier alpha value is -0.570. The fourth-order valence-corrected chi connectivity index (χ4v) is 1.33. The number of carbonyl (C=O) groups excluding carboxylic acids is 1. The fourth-order valence-electron chi connectivity index (χ4n) is 1.20. The van der Waals surface area contributed by atoms with E-state index >= 15 is 0 Å². The summed E-state index contributed by atoms with van der Waals surface area (Å²) in [5.41, 5.74) is 0. The molecule has 0 spiro atoms. The second-order valence-electron chi connectivity index (χ2n) is 3.33. The molecule has 1 N–H and O–H groups in total. The van der Waals surface area contributed by atoms with Gasteiger partial charge < -0.3 is 5.11 Å². The van der Waals surface area contributed by atoms with Gasteiger partial charge in [-0.05, 0) is 12.8 Å². The van der Waals surface area contributed by atoms with Crippen molar-refractivity contribution in [1.82, 2.24) is 0 Å². The summed E-state index contributed by atoms with van der Waals surface area (Å²) >= 11 is 5.33. The Morgan fingerprint density at radius 1 is 0.929 bits per heavy atom. The Balaban J connectivity index is 3.06. The zero-order chi connectivity index (χ0) is 10.8. The number of hydrogen-bond donors (Lipinski definition) is 1. The summed E-state index contributed by atoms with van der Waals surface area (Å²) in [6, 6.07) is 0. The monoisotopic (exact) mass is 220 g/mol. The second kappa shape index (κ2) is 9.00. The molecule has 0 aromatic rings. The van der Waals surface area contributed by atoms with Gasteiger partial charge in [-0.25, -0.2) is 0 Å². The molecule has 0 heterocycles. The molecule has 14 heavy (non-hydrogen) atoms. The zero-order valence-corrected chi connectivity index (χ0v) is 9.05. The van der Waals surface area contributed by atoms with Crippen molar-refractivity contribution >= 4 is 23.4 Å². The maximum absolute atomic E-state index is 10.8. The third-order valence-electron chi connectivity index (χ3n) is 2.00. The van der Waals surface area contributed by atoms with Gasteiger partial charge in [-0.1, -0.05) is 19.3 Å². The largest absolute Gasteiger partial charge is 0.481 e. The first kappa shape index (κ1) is 13.4. The van der Waals surface area contributed by atoms with Gasteiger partial charge in [0.15, 0.2) is 0 Å². The van der Waals surface area contributed by atoms with Crippen LogP contribution in [-0.4, -0.2) is 22.7 Å². The van der Waals surface area contributed by atoms with Crippen LogP contribution in [0.15, 0.2) is 0 Å².